The fourth-order valence-corrected chi connectivity index (χ4v) is 0.957. The number of esters is 1. The van der Waals surface area contributed by atoms with Crippen LogP contribution in [0.2, 0.25) is 0 Å². The van der Waals surface area contributed by atoms with Gasteiger partial charge in [0, 0.05) is 6.42 Å². The van der Waals surface area contributed by atoms with Crippen molar-refractivity contribution in [1.29, 1.82) is 0 Å². The minimum absolute atomic E-state index is 0.0884. The summed E-state index contributed by atoms with van der Waals surface area (Å²) in [5, 5.41) is 0. The number of rotatable bonds is 5. The average molecular weight is 224 g/mol. The Morgan fingerprint density at radius 2 is 1.87 bits per heavy atom. The van der Waals surface area contributed by atoms with Crippen molar-refractivity contribution >= 4 is 5.97 Å². The van der Waals surface area contributed by atoms with Crippen molar-refractivity contribution in [3.05, 3.63) is 0 Å². The van der Waals surface area contributed by atoms with Gasteiger partial charge >= 0.3 is 12.6 Å². The Hall–Kier alpha value is -0.710. The summed E-state index contributed by atoms with van der Waals surface area (Å²) < 4.78 is 32.7. The van der Waals surface area contributed by atoms with Gasteiger partial charge in [-0.3, -0.25) is 4.79 Å². The van der Waals surface area contributed by atoms with E-state index in [1.54, 1.807) is 20.8 Å². The predicted molar refractivity (Wildman–Crippen MR) is 51.6 cm³/mol. The number of ether oxygens (including phenoxy) is 2. The number of halogens is 2. The molecule has 0 radical (unpaired) electrons. The van der Waals surface area contributed by atoms with E-state index in [4.69, 9.17) is 4.74 Å². The Kier molecular flexibility index (Phi) is 5.72. The molecule has 0 saturated carbocycles. The molecule has 0 aromatic heterocycles. The Bertz CT molecular complexity index is 199. The van der Waals surface area contributed by atoms with Gasteiger partial charge in [-0.15, -0.1) is 0 Å². The second-order valence-electron chi connectivity index (χ2n) is 4.33. The van der Waals surface area contributed by atoms with E-state index in [2.05, 4.69) is 4.74 Å². The largest absolute Gasteiger partial charge is 0.460 e. The highest BCUT2D eigenvalue weighted by atomic mass is 19.3. The highest BCUT2D eigenvalue weighted by Crippen LogP contribution is 2.12. The quantitative estimate of drug-likeness (QED) is 0.673. The fraction of sp³-hybridized carbons (Fsp3) is 0.900. The lowest BCUT2D eigenvalue weighted by molar-refractivity contribution is -0.167. The van der Waals surface area contributed by atoms with Gasteiger partial charge in [-0.25, -0.2) is 0 Å². The van der Waals surface area contributed by atoms with E-state index in [1.807, 2.05) is 0 Å². The summed E-state index contributed by atoms with van der Waals surface area (Å²) in [6, 6.07) is 0. The van der Waals surface area contributed by atoms with Gasteiger partial charge in [-0.1, -0.05) is 0 Å². The van der Waals surface area contributed by atoms with E-state index in [9.17, 15) is 13.6 Å². The summed E-state index contributed by atoms with van der Waals surface area (Å²) in [5.41, 5.74) is -0.538. The van der Waals surface area contributed by atoms with E-state index >= 15 is 0 Å². The molecule has 0 spiro atoms. The molecule has 3 nitrogen and oxygen atoms in total. The molecular weight excluding hydrogens is 206 g/mol. The average Bonchev–Trinajstić information content (AvgIpc) is 1.96. The Morgan fingerprint density at radius 3 is 2.27 bits per heavy atom. The summed E-state index contributed by atoms with van der Waals surface area (Å²) in [4.78, 5) is 11.2. The fourth-order valence-electron chi connectivity index (χ4n) is 0.957. The molecule has 0 N–H and O–H groups in total. The van der Waals surface area contributed by atoms with Crippen LogP contribution >= 0.6 is 0 Å². The maximum Gasteiger partial charge on any atom is 0.345 e. The standard InChI is InChI=1S/C10H18F2O3/c1-7(14-9(11)12)5-6-8(13)15-10(2,3)4/h7,9H,5-6H2,1-4H3/t7-/m1/s1. The van der Waals surface area contributed by atoms with Crippen molar-refractivity contribution in [1.82, 2.24) is 0 Å². The van der Waals surface area contributed by atoms with Gasteiger partial charge in [-0.2, -0.15) is 8.78 Å². The van der Waals surface area contributed by atoms with Crippen LogP contribution < -0.4 is 0 Å². The zero-order chi connectivity index (χ0) is 12.1. The molecule has 1 atom stereocenters. The maximum atomic E-state index is 11.7. The van der Waals surface area contributed by atoms with Crippen LogP contribution in [0.25, 0.3) is 0 Å². The van der Waals surface area contributed by atoms with Gasteiger partial charge in [0.15, 0.2) is 0 Å². The van der Waals surface area contributed by atoms with E-state index in [0.717, 1.165) is 0 Å². The van der Waals surface area contributed by atoms with Crippen molar-refractivity contribution in [2.24, 2.45) is 0 Å². The molecular formula is C10H18F2O3. The third-order valence-electron chi connectivity index (χ3n) is 1.51. The number of alkyl halides is 2. The molecule has 0 aromatic carbocycles. The zero-order valence-corrected chi connectivity index (χ0v) is 9.55. The smallest absolute Gasteiger partial charge is 0.345 e. The lowest BCUT2D eigenvalue weighted by Crippen LogP contribution is -2.24. The molecule has 90 valence electrons. The van der Waals surface area contributed by atoms with Crippen molar-refractivity contribution in [3.8, 4) is 0 Å². The predicted octanol–water partition coefficient (Wildman–Crippen LogP) is 2.74. The van der Waals surface area contributed by atoms with Gasteiger partial charge < -0.3 is 9.47 Å². The lowest BCUT2D eigenvalue weighted by atomic mass is 10.2. The number of carbonyl (C=O) groups is 1. The van der Waals surface area contributed by atoms with Crippen LogP contribution in [0.1, 0.15) is 40.5 Å². The third-order valence-corrected chi connectivity index (χ3v) is 1.51. The Labute approximate surface area is 88.7 Å². The van der Waals surface area contributed by atoms with Gasteiger partial charge in [0.2, 0.25) is 0 Å². The second-order valence-corrected chi connectivity index (χ2v) is 4.33. The van der Waals surface area contributed by atoms with Crippen LogP contribution in [0.4, 0.5) is 8.78 Å². The van der Waals surface area contributed by atoms with Gasteiger partial charge in [0.1, 0.15) is 5.60 Å². The van der Waals surface area contributed by atoms with Crippen LogP contribution in [0.5, 0.6) is 0 Å². The van der Waals surface area contributed by atoms with E-state index in [-0.39, 0.29) is 12.8 Å². The van der Waals surface area contributed by atoms with E-state index in [0.29, 0.717) is 0 Å². The number of hydrogen-bond acceptors (Lipinski definition) is 3. The Balaban J connectivity index is 3.72. The second kappa shape index (κ2) is 6.00. The summed E-state index contributed by atoms with van der Waals surface area (Å²) in [6.07, 6.45) is -0.317. The first-order valence-electron chi connectivity index (χ1n) is 4.86. The molecule has 0 aromatic rings. The SMILES string of the molecule is C[C@H](CCC(=O)OC(C)(C)C)OC(F)F. The van der Waals surface area contributed by atoms with Crippen LogP contribution in [0, 0.1) is 0 Å². The summed E-state index contributed by atoms with van der Waals surface area (Å²) in [5.74, 6) is -0.396. The molecule has 0 unspecified atom stereocenters. The molecule has 0 aliphatic rings. The highest BCUT2D eigenvalue weighted by molar-refractivity contribution is 5.69. The van der Waals surface area contributed by atoms with Crippen molar-refractivity contribution in [2.45, 2.75) is 58.9 Å². The molecule has 0 fully saturated rings. The molecule has 0 rings (SSSR count). The summed E-state index contributed by atoms with van der Waals surface area (Å²) >= 11 is 0. The van der Waals surface area contributed by atoms with Crippen LogP contribution in [0.3, 0.4) is 0 Å². The molecule has 0 heterocycles. The van der Waals surface area contributed by atoms with Crippen molar-refractivity contribution in [2.75, 3.05) is 0 Å². The first kappa shape index (κ1) is 14.3. The van der Waals surface area contributed by atoms with Crippen LogP contribution in [-0.2, 0) is 14.3 Å². The lowest BCUT2D eigenvalue weighted by Gasteiger charge is -2.20. The summed E-state index contributed by atoms with van der Waals surface area (Å²) in [7, 11) is 0. The summed E-state index contributed by atoms with van der Waals surface area (Å²) in [6.45, 7) is 3.97. The monoisotopic (exact) mass is 224 g/mol. The van der Waals surface area contributed by atoms with Crippen molar-refractivity contribution < 1.29 is 23.0 Å². The first-order valence-corrected chi connectivity index (χ1v) is 4.86. The molecule has 0 aliphatic heterocycles. The van der Waals surface area contributed by atoms with Gasteiger partial charge in [0.05, 0.1) is 6.10 Å². The van der Waals surface area contributed by atoms with E-state index < -0.39 is 24.3 Å². The molecule has 0 amide bonds. The van der Waals surface area contributed by atoms with Crippen molar-refractivity contribution in [3.63, 3.8) is 0 Å². The zero-order valence-electron chi connectivity index (χ0n) is 9.55. The number of carbonyl (C=O) groups excluding carboxylic acids is 1. The third kappa shape index (κ3) is 9.59. The van der Waals surface area contributed by atoms with Gasteiger partial charge in [-0.05, 0) is 34.1 Å². The maximum absolute atomic E-state index is 11.7. The molecule has 5 heteroatoms. The Morgan fingerprint density at radius 1 is 1.33 bits per heavy atom. The molecule has 0 aliphatic carbocycles. The molecule has 0 saturated heterocycles. The topological polar surface area (TPSA) is 35.5 Å². The van der Waals surface area contributed by atoms with Crippen LogP contribution in [-0.4, -0.2) is 24.3 Å². The van der Waals surface area contributed by atoms with Crippen LogP contribution in [0.15, 0.2) is 0 Å². The van der Waals surface area contributed by atoms with E-state index in [1.165, 1.54) is 6.92 Å². The normalized spacial score (nSPS) is 14.1. The minimum atomic E-state index is -2.79. The number of hydrogen-bond donors (Lipinski definition) is 0. The molecule has 0 bridgehead atoms. The van der Waals surface area contributed by atoms with Gasteiger partial charge in [0.25, 0.3) is 0 Å². The minimum Gasteiger partial charge on any atom is -0.460 e. The first-order chi connectivity index (χ1) is 6.70. The molecule has 15 heavy (non-hydrogen) atoms. The highest BCUT2D eigenvalue weighted by Gasteiger charge is 2.17.